The number of hydrogen-bond acceptors (Lipinski definition) is 3. The molecule has 0 radical (unpaired) electrons. The van der Waals surface area contributed by atoms with Gasteiger partial charge in [-0.15, -0.1) is 0 Å². The van der Waals surface area contributed by atoms with Gasteiger partial charge in [-0.05, 0) is 38.1 Å². The monoisotopic (exact) mass is 337 g/mol. The minimum Gasteiger partial charge on any atom is -0.322 e. The molecule has 1 heterocycles. The average Bonchev–Trinajstić information content (AvgIpc) is 2.97. The van der Waals surface area contributed by atoms with Crippen LogP contribution in [0, 0.1) is 12.7 Å². The van der Waals surface area contributed by atoms with E-state index < -0.39 is 5.82 Å². The fourth-order valence-electron chi connectivity index (χ4n) is 2.51. The van der Waals surface area contributed by atoms with Crippen LogP contribution in [0.2, 0.25) is 0 Å². The van der Waals surface area contributed by atoms with Crippen molar-refractivity contribution in [2.75, 3.05) is 5.32 Å². The predicted molar refractivity (Wildman–Crippen MR) is 92.7 cm³/mol. The van der Waals surface area contributed by atoms with Gasteiger partial charge in [0.05, 0.1) is 17.5 Å². The largest absolute Gasteiger partial charge is 0.322 e. The summed E-state index contributed by atoms with van der Waals surface area (Å²) >= 11 is 0. The van der Waals surface area contributed by atoms with Gasteiger partial charge in [0.25, 0.3) is 5.91 Å². The normalized spacial score (nSPS) is 10.5. The van der Waals surface area contributed by atoms with Gasteiger partial charge >= 0.3 is 0 Å². The molecular formula is C19H16FN3O2. The number of rotatable bonds is 4. The fraction of sp³-hybridized carbons (Fsp3) is 0.105. The van der Waals surface area contributed by atoms with Crippen molar-refractivity contribution < 1.29 is 14.0 Å². The molecule has 126 valence electrons. The van der Waals surface area contributed by atoms with Crippen molar-refractivity contribution in [3.8, 4) is 5.69 Å². The van der Waals surface area contributed by atoms with Crippen molar-refractivity contribution in [2.24, 2.45) is 0 Å². The highest BCUT2D eigenvalue weighted by Gasteiger charge is 2.17. The number of anilines is 1. The summed E-state index contributed by atoms with van der Waals surface area (Å²) < 4.78 is 15.3. The van der Waals surface area contributed by atoms with E-state index in [-0.39, 0.29) is 17.4 Å². The van der Waals surface area contributed by atoms with E-state index in [0.717, 1.165) is 0 Å². The molecule has 3 rings (SSSR count). The standard InChI is InChI=1S/C19H16FN3O2/c1-12-16(11-21-23(12)18-9-4-3-8-17(18)20)19(25)22-15-7-5-6-14(10-15)13(2)24/h3-11H,1-2H3,(H,22,25). The molecule has 1 aromatic heterocycles. The van der Waals surface area contributed by atoms with E-state index in [0.29, 0.717) is 22.5 Å². The summed E-state index contributed by atoms with van der Waals surface area (Å²) in [5, 5.41) is 6.85. The first-order valence-corrected chi connectivity index (χ1v) is 7.69. The van der Waals surface area contributed by atoms with Crippen molar-refractivity contribution >= 4 is 17.4 Å². The average molecular weight is 337 g/mol. The molecule has 0 unspecified atom stereocenters. The lowest BCUT2D eigenvalue weighted by molar-refractivity contribution is 0.101. The Kier molecular flexibility index (Phi) is 4.43. The van der Waals surface area contributed by atoms with Crippen LogP contribution in [0.5, 0.6) is 0 Å². The number of carbonyl (C=O) groups is 2. The number of benzene rings is 2. The second kappa shape index (κ2) is 6.68. The number of nitrogens with one attached hydrogen (secondary N) is 1. The highest BCUT2D eigenvalue weighted by Crippen LogP contribution is 2.19. The first-order chi connectivity index (χ1) is 12.0. The molecule has 1 N–H and O–H groups in total. The third-order valence-electron chi connectivity index (χ3n) is 3.86. The topological polar surface area (TPSA) is 64.0 Å². The predicted octanol–water partition coefficient (Wildman–Crippen LogP) is 3.77. The summed E-state index contributed by atoms with van der Waals surface area (Å²) in [7, 11) is 0. The zero-order chi connectivity index (χ0) is 18.0. The van der Waals surface area contributed by atoms with Crippen LogP contribution >= 0.6 is 0 Å². The zero-order valence-electron chi connectivity index (χ0n) is 13.8. The number of Topliss-reactive ketones (excluding diaryl/α,β-unsaturated/α-hetero) is 1. The number of aromatic nitrogens is 2. The molecule has 0 saturated heterocycles. The van der Waals surface area contributed by atoms with E-state index in [1.165, 1.54) is 23.9 Å². The molecule has 25 heavy (non-hydrogen) atoms. The lowest BCUT2D eigenvalue weighted by Crippen LogP contribution is -2.13. The second-order valence-electron chi connectivity index (χ2n) is 5.60. The molecule has 0 fully saturated rings. The number of hydrogen-bond donors (Lipinski definition) is 1. The van der Waals surface area contributed by atoms with Gasteiger partial charge in [0.1, 0.15) is 11.5 Å². The molecule has 2 aromatic carbocycles. The first kappa shape index (κ1) is 16.6. The Labute approximate surface area is 144 Å². The summed E-state index contributed by atoms with van der Waals surface area (Å²) in [6.45, 7) is 3.16. The molecule has 0 bridgehead atoms. The molecule has 6 heteroatoms. The number of para-hydroxylation sites is 1. The molecule has 0 aliphatic carbocycles. The van der Waals surface area contributed by atoms with E-state index in [9.17, 15) is 14.0 Å². The smallest absolute Gasteiger partial charge is 0.259 e. The first-order valence-electron chi connectivity index (χ1n) is 7.69. The van der Waals surface area contributed by atoms with Gasteiger partial charge in [-0.1, -0.05) is 24.3 Å². The summed E-state index contributed by atoms with van der Waals surface area (Å²) in [6, 6.07) is 12.9. The molecule has 5 nitrogen and oxygen atoms in total. The number of ketones is 1. The lowest BCUT2D eigenvalue weighted by atomic mass is 10.1. The van der Waals surface area contributed by atoms with Crippen LogP contribution < -0.4 is 5.32 Å². The van der Waals surface area contributed by atoms with Crippen molar-refractivity contribution in [3.05, 3.63) is 77.4 Å². The van der Waals surface area contributed by atoms with E-state index in [1.807, 2.05) is 0 Å². The molecule has 0 saturated carbocycles. The molecule has 0 atom stereocenters. The van der Waals surface area contributed by atoms with Crippen molar-refractivity contribution in [2.45, 2.75) is 13.8 Å². The number of amides is 1. The van der Waals surface area contributed by atoms with Crippen LogP contribution in [-0.2, 0) is 0 Å². The maximum absolute atomic E-state index is 13.9. The van der Waals surface area contributed by atoms with E-state index in [4.69, 9.17) is 0 Å². The highest BCUT2D eigenvalue weighted by molar-refractivity contribution is 6.05. The minimum absolute atomic E-state index is 0.0837. The second-order valence-corrected chi connectivity index (χ2v) is 5.60. The van der Waals surface area contributed by atoms with Gasteiger partial charge in [0.15, 0.2) is 5.78 Å². The molecule has 0 spiro atoms. The van der Waals surface area contributed by atoms with Crippen LogP contribution in [0.1, 0.15) is 33.3 Å². The summed E-state index contributed by atoms with van der Waals surface area (Å²) in [5.74, 6) is -0.879. The number of nitrogens with zero attached hydrogens (tertiary/aromatic N) is 2. The van der Waals surface area contributed by atoms with Crippen LogP contribution in [0.15, 0.2) is 54.7 Å². The Morgan fingerprint density at radius 1 is 1.12 bits per heavy atom. The zero-order valence-corrected chi connectivity index (χ0v) is 13.8. The summed E-state index contributed by atoms with van der Waals surface area (Å²) in [4.78, 5) is 23.9. The molecule has 0 aliphatic heterocycles. The van der Waals surface area contributed by atoms with Gasteiger partial charge in [0.2, 0.25) is 0 Å². The van der Waals surface area contributed by atoms with Crippen LogP contribution in [0.3, 0.4) is 0 Å². The van der Waals surface area contributed by atoms with Gasteiger partial charge in [0, 0.05) is 11.3 Å². The Morgan fingerprint density at radius 3 is 2.60 bits per heavy atom. The minimum atomic E-state index is -0.421. The van der Waals surface area contributed by atoms with Crippen LogP contribution in [-0.4, -0.2) is 21.5 Å². The summed E-state index contributed by atoms with van der Waals surface area (Å²) in [5.41, 5.74) is 2.15. The third-order valence-corrected chi connectivity index (χ3v) is 3.86. The SMILES string of the molecule is CC(=O)c1cccc(NC(=O)c2cnn(-c3ccccc3F)c2C)c1. The van der Waals surface area contributed by atoms with Crippen molar-refractivity contribution in [1.29, 1.82) is 0 Å². The van der Waals surface area contributed by atoms with Gasteiger partial charge < -0.3 is 5.32 Å². The maximum Gasteiger partial charge on any atom is 0.259 e. The van der Waals surface area contributed by atoms with E-state index in [1.54, 1.807) is 49.4 Å². The quantitative estimate of drug-likeness (QED) is 0.737. The Balaban J connectivity index is 1.88. The lowest BCUT2D eigenvalue weighted by Gasteiger charge is -2.08. The molecule has 0 aliphatic rings. The van der Waals surface area contributed by atoms with Gasteiger partial charge in [-0.2, -0.15) is 5.10 Å². The van der Waals surface area contributed by atoms with Crippen molar-refractivity contribution in [3.63, 3.8) is 0 Å². The van der Waals surface area contributed by atoms with Crippen molar-refractivity contribution in [1.82, 2.24) is 9.78 Å². The van der Waals surface area contributed by atoms with Gasteiger partial charge in [-0.25, -0.2) is 9.07 Å². The van der Waals surface area contributed by atoms with E-state index >= 15 is 0 Å². The van der Waals surface area contributed by atoms with E-state index in [2.05, 4.69) is 10.4 Å². The van der Waals surface area contributed by atoms with Crippen LogP contribution in [0.25, 0.3) is 5.69 Å². The fourth-order valence-corrected chi connectivity index (χ4v) is 2.51. The molecule has 3 aromatic rings. The maximum atomic E-state index is 13.9. The number of halogens is 1. The Morgan fingerprint density at radius 2 is 1.88 bits per heavy atom. The highest BCUT2D eigenvalue weighted by atomic mass is 19.1. The van der Waals surface area contributed by atoms with Crippen LogP contribution in [0.4, 0.5) is 10.1 Å². The molecule has 1 amide bonds. The Bertz CT molecular complexity index is 963. The summed E-state index contributed by atoms with van der Waals surface area (Å²) in [6.07, 6.45) is 1.39. The Hall–Kier alpha value is -3.28. The third kappa shape index (κ3) is 3.33. The number of carbonyl (C=O) groups excluding carboxylic acids is 2. The van der Waals surface area contributed by atoms with Gasteiger partial charge in [-0.3, -0.25) is 9.59 Å². The molecular weight excluding hydrogens is 321 g/mol.